The molecule has 2 aromatic rings. The van der Waals surface area contributed by atoms with Gasteiger partial charge in [0.25, 0.3) is 0 Å². The molecule has 1 aliphatic rings. The number of likely N-dealkylation sites (tertiary alicyclic amines) is 1. The molecule has 4 nitrogen and oxygen atoms in total. The van der Waals surface area contributed by atoms with Gasteiger partial charge in [-0.3, -0.25) is 9.78 Å². The summed E-state index contributed by atoms with van der Waals surface area (Å²) in [6.07, 6.45) is 2.81. The van der Waals surface area contributed by atoms with E-state index in [1.54, 1.807) is 18.2 Å². The number of carbonyl (C=O) groups is 1. The monoisotopic (exact) mass is 321 g/mol. The first-order valence-corrected chi connectivity index (χ1v) is 7.75. The van der Waals surface area contributed by atoms with E-state index >= 15 is 0 Å². The summed E-state index contributed by atoms with van der Waals surface area (Å²) in [7, 11) is 0. The molecular weight excluding hydrogens is 305 g/mol. The van der Waals surface area contributed by atoms with Gasteiger partial charge in [-0.1, -0.05) is 18.5 Å². The topological polar surface area (TPSA) is 45.2 Å². The fraction of sp³-hybridized carbons (Fsp3) is 0.375. The molecule has 1 unspecified atom stereocenters. The molecule has 0 aliphatic carbocycles. The lowest BCUT2D eigenvalue weighted by Crippen LogP contribution is -2.31. The Balaban J connectivity index is 1.81. The molecule has 0 spiro atoms. The van der Waals surface area contributed by atoms with Crippen molar-refractivity contribution >= 4 is 34.1 Å². The summed E-state index contributed by atoms with van der Waals surface area (Å²) < 4.78 is 14.6. The fourth-order valence-corrected chi connectivity index (χ4v) is 3.02. The van der Waals surface area contributed by atoms with Crippen LogP contribution in [0.4, 0.5) is 10.1 Å². The Morgan fingerprint density at radius 3 is 3.09 bits per heavy atom. The van der Waals surface area contributed by atoms with Crippen LogP contribution in [0.3, 0.4) is 0 Å². The highest BCUT2D eigenvalue weighted by Gasteiger charge is 2.26. The van der Waals surface area contributed by atoms with Crippen molar-refractivity contribution in [3.8, 4) is 0 Å². The molecule has 0 radical (unpaired) electrons. The van der Waals surface area contributed by atoms with Crippen LogP contribution in [0.2, 0.25) is 5.02 Å². The van der Waals surface area contributed by atoms with Gasteiger partial charge in [0.1, 0.15) is 5.52 Å². The second kappa shape index (κ2) is 6.08. The van der Waals surface area contributed by atoms with Crippen LogP contribution < -0.4 is 5.32 Å². The minimum atomic E-state index is -0.403. The number of hydrogen-bond donors (Lipinski definition) is 1. The zero-order valence-corrected chi connectivity index (χ0v) is 13.0. The number of hydrogen-bond acceptors (Lipinski definition) is 3. The first-order chi connectivity index (χ1) is 10.6. The summed E-state index contributed by atoms with van der Waals surface area (Å²) in [5.41, 5.74) is 0.662. The van der Waals surface area contributed by atoms with Gasteiger partial charge >= 0.3 is 0 Å². The average Bonchev–Trinajstić information content (AvgIpc) is 2.98. The van der Waals surface area contributed by atoms with Gasteiger partial charge in [-0.05, 0) is 24.6 Å². The maximum Gasteiger partial charge on any atom is 0.222 e. The van der Waals surface area contributed by atoms with E-state index in [0.717, 1.165) is 6.42 Å². The predicted octanol–water partition coefficient (Wildman–Crippen LogP) is 3.45. The molecule has 0 bridgehead atoms. The summed E-state index contributed by atoms with van der Waals surface area (Å²) in [6.45, 7) is 3.16. The lowest BCUT2D eigenvalue weighted by molar-refractivity contribution is -0.129. The Kier molecular flexibility index (Phi) is 4.16. The molecule has 1 amide bonds. The number of rotatable bonds is 3. The number of aromatic nitrogens is 1. The quantitative estimate of drug-likeness (QED) is 0.941. The third-order valence-electron chi connectivity index (χ3n) is 4.00. The first-order valence-electron chi connectivity index (χ1n) is 7.37. The summed E-state index contributed by atoms with van der Waals surface area (Å²) >= 11 is 6.05. The van der Waals surface area contributed by atoms with Crippen molar-refractivity contribution in [3.63, 3.8) is 0 Å². The van der Waals surface area contributed by atoms with E-state index in [1.807, 2.05) is 11.8 Å². The van der Waals surface area contributed by atoms with Crippen LogP contribution in [0, 0.1) is 5.82 Å². The molecule has 1 N–H and O–H groups in total. The maximum atomic E-state index is 14.6. The molecule has 1 saturated heterocycles. The molecule has 1 aromatic carbocycles. The van der Waals surface area contributed by atoms with E-state index in [1.165, 1.54) is 6.20 Å². The van der Waals surface area contributed by atoms with Crippen molar-refractivity contribution in [2.45, 2.75) is 25.8 Å². The zero-order chi connectivity index (χ0) is 15.7. The second-order valence-corrected chi connectivity index (χ2v) is 5.85. The predicted molar refractivity (Wildman–Crippen MR) is 85.6 cm³/mol. The van der Waals surface area contributed by atoms with Crippen LogP contribution in [0.25, 0.3) is 10.9 Å². The van der Waals surface area contributed by atoms with Crippen molar-refractivity contribution in [2.24, 2.45) is 0 Å². The number of carbonyl (C=O) groups excluding carboxylic acids is 1. The molecular formula is C16H17ClFN3O. The van der Waals surface area contributed by atoms with Gasteiger partial charge in [-0.15, -0.1) is 0 Å². The number of nitrogens with zero attached hydrogens (tertiary/aromatic N) is 2. The number of nitrogens with one attached hydrogen (secondary N) is 1. The molecule has 1 aliphatic heterocycles. The number of fused-ring (bicyclic) bond motifs is 1. The number of halogens is 2. The number of pyridine rings is 1. The Morgan fingerprint density at radius 1 is 1.50 bits per heavy atom. The SMILES string of the molecule is CCC(=O)N1CCC(Nc2ccc3c(Cl)ccnc3c2F)C1. The molecule has 0 saturated carbocycles. The minimum absolute atomic E-state index is 0.0571. The van der Waals surface area contributed by atoms with Crippen LogP contribution >= 0.6 is 11.6 Å². The summed E-state index contributed by atoms with van der Waals surface area (Å²) in [6, 6.07) is 5.14. The molecule has 1 fully saturated rings. The Labute approximate surface area is 133 Å². The summed E-state index contributed by atoms with van der Waals surface area (Å²) in [5.74, 6) is -0.267. The molecule has 1 aromatic heterocycles. The Hall–Kier alpha value is -1.88. The zero-order valence-electron chi connectivity index (χ0n) is 12.3. The van der Waals surface area contributed by atoms with E-state index in [9.17, 15) is 9.18 Å². The smallest absolute Gasteiger partial charge is 0.222 e. The highest BCUT2D eigenvalue weighted by molar-refractivity contribution is 6.35. The van der Waals surface area contributed by atoms with E-state index in [2.05, 4.69) is 10.3 Å². The van der Waals surface area contributed by atoms with Crippen LogP contribution in [-0.4, -0.2) is 34.9 Å². The van der Waals surface area contributed by atoms with Crippen LogP contribution in [0.15, 0.2) is 24.4 Å². The van der Waals surface area contributed by atoms with Gasteiger partial charge in [-0.25, -0.2) is 4.39 Å². The fourth-order valence-electron chi connectivity index (χ4n) is 2.81. The van der Waals surface area contributed by atoms with Crippen molar-refractivity contribution in [3.05, 3.63) is 35.2 Å². The average molecular weight is 322 g/mol. The summed E-state index contributed by atoms with van der Waals surface area (Å²) in [5, 5.41) is 4.26. The third-order valence-corrected chi connectivity index (χ3v) is 4.33. The minimum Gasteiger partial charge on any atom is -0.378 e. The van der Waals surface area contributed by atoms with Crippen molar-refractivity contribution in [2.75, 3.05) is 18.4 Å². The Morgan fingerprint density at radius 2 is 2.32 bits per heavy atom. The van der Waals surface area contributed by atoms with Crippen molar-refractivity contribution in [1.82, 2.24) is 9.88 Å². The molecule has 1 atom stereocenters. The lowest BCUT2D eigenvalue weighted by Gasteiger charge is -2.17. The maximum absolute atomic E-state index is 14.6. The summed E-state index contributed by atoms with van der Waals surface area (Å²) in [4.78, 5) is 17.6. The van der Waals surface area contributed by atoms with Gasteiger partial charge in [0.05, 0.1) is 10.7 Å². The van der Waals surface area contributed by atoms with Crippen LogP contribution in [-0.2, 0) is 4.79 Å². The molecule has 22 heavy (non-hydrogen) atoms. The normalized spacial score (nSPS) is 18.0. The van der Waals surface area contributed by atoms with Gasteiger partial charge in [0.15, 0.2) is 5.82 Å². The molecule has 2 heterocycles. The van der Waals surface area contributed by atoms with Gasteiger partial charge < -0.3 is 10.2 Å². The largest absolute Gasteiger partial charge is 0.378 e. The van der Waals surface area contributed by atoms with Crippen LogP contribution in [0.1, 0.15) is 19.8 Å². The van der Waals surface area contributed by atoms with E-state index in [-0.39, 0.29) is 17.5 Å². The second-order valence-electron chi connectivity index (χ2n) is 5.44. The molecule has 3 rings (SSSR count). The third kappa shape index (κ3) is 2.73. The van der Waals surface area contributed by atoms with Crippen LogP contribution in [0.5, 0.6) is 0 Å². The van der Waals surface area contributed by atoms with Crippen molar-refractivity contribution < 1.29 is 9.18 Å². The molecule has 116 valence electrons. The highest BCUT2D eigenvalue weighted by Crippen LogP contribution is 2.29. The van der Waals surface area contributed by atoms with Gasteiger partial charge in [0.2, 0.25) is 5.91 Å². The number of anilines is 1. The highest BCUT2D eigenvalue weighted by atomic mass is 35.5. The standard InChI is InChI=1S/C16H17ClFN3O/c1-2-14(22)21-8-6-10(9-21)20-13-4-3-11-12(17)5-7-19-16(11)15(13)18/h3-5,7,10,20H,2,6,8-9H2,1H3. The Bertz CT molecular complexity index is 722. The number of amides is 1. The van der Waals surface area contributed by atoms with Gasteiger partial charge in [0, 0.05) is 37.1 Å². The van der Waals surface area contributed by atoms with E-state index in [4.69, 9.17) is 11.6 Å². The van der Waals surface area contributed by atoms with E-state index in [0.29, 0.717) is 35.6 Å². The molecule has 6 heteroatoms. The van der Waals surface area contributed by atoms with E-state index < -0.39 is 5.82 Å². The lowest BCUT2D eigenvalue weighted by atomic mass is 10.1. The first kappa shape index (κ1) is 15.0. The van der Waals surface area contributed by atoms with Gasteiger partial charge in [-0.2, -0.15) is 0 Å². The van der Waals surface area contributed by atoms with Crippen molar-refractivity contribution in [1.29, 1.82) is 0 Å². The number of benzene rings is 1.